The average Bonchev–Trinajstić information content (AvgIpc) is 2.49. The maximum atomic E-state index is 8.97. The van der Waals surface area contributed by atoms with Gasteiger partial charge in [0, 0.05) is 26.2 Å². The highest BCUT2D eigenvalue weighted by Gasteiger charge is 2.12. The van der Waals surface area contributed by atoms with Crippen LogP contribution in [0.3, 0.4) is 0 Å². The second-order valence-electron chi connectivity index (χ2n) is 5.31. The van der Waals surface area contributed by atoms with Gasteiger partial charge in [0.2, 0.25) is 0 Å². The first-order valence-electron chi connectivity index (χ1n) is 7.32. The number of ether oxygens (including phenoxy) is 1. The quantitative estimate of drug-likeness (QED) is 0.743. The lowest BCUT2D eigenvalue weighted by atomic mass is 10.2. The molecule has 4 heteroatoms. The summed E-state index contributed by atoms with van der Waals surface area (Å²) in [6.45, 7) is 6.53. The minimum atomic E-state index is 0.617. The Morgan fingerprint density at radius 3 is 2.65 bits per heavy atom. The Morgan fingerprint density at radius 1 is 1.15 bits per heavy atom. The molecule has 20 heavy (non-hydrogen) atoms. The predicted molar refractivity (Wildman–Crippen MR) is 79.8 cm³/mol. The Labute approximate surface area is 121 Å². The zero-order chi connectivity index (χ0) is 14.2. The molecular weight excluding hydrogens is 250 g/mol. The van der Waals surface area contributed by atoms with Gasteiger partial charge >= 0.3 is 0 Å². The second-order valence-corrected chi connectivity index (χ2v) is 5.31. The molecule has 0 amide bonds. The molecule has 2 rings (SSSR count). The van der Waals surface area contributed by atoms with Crippen LogP contribution in [-0.4, -0.2) is 56.2 Å². The van der Waals surface area contributed by atoms with Crippen molar-refractivity contribution >= 4 is 0 Å². The summed E-state index contributed by atoms with van der Waals surface area (Å²) in [5.41, 5.74) is 0.617. The molecule has 1 aliphatic heterocycles. The van der Waals surface area contributed by atoms with Crippen molar-refractivity contribution in [2.75, 3.05) is 46.4 Å². The van der Waals surface area contributed by atoms with Crippen molar-refractivity contribution in [3.05, 3.63) is 29.8 Å². The Balaban J connectivity index is 1.61. The summed E-state index contributed by atoms with van der Waals surface area (Å²) in [6.07, 6.45) is 2.19. The lowest BCUT2D eigenvalue weighted by Crippen LogP contribution is -2.44. The molecule has 0 N–H and O–H groups in total. The molecule has 1 aromatic carbocycles. The number of hydrogen-bond acceptors (Lipinski definition) is 4. The highest BCUT2D eigenvalue weighted by atomic mass is 16.5. The van der Waals surface area contributed by atoms with Gasteiger partial charge in [-0.2, -0.15) is 5.26 Å². The molecule has 0 spiro atoms. The number of rotatable bonds is 6. The van der Waals surface area contributed by atoms with Crippen molar-refractivity contribution in [1.82, 2.24) is 9.80 Å². The highest BCUT2D eigenvalue weighted by Crippen LogP contribution is 2.16. The van der Waals surface area contributed by atoms with E-state index in [1.54, 1.807) is 6.07 Å². The lowest BCUT2D eigenvalue weighted by molar-refractivity contribution is 0.150. The number of unbranched alkanes of at least 4 members (excludes halogenated alkanes) is 1. The molecule has 1 saturated heterocycles. The molecule has 0 aromatic heterocycles. The Kier molecular flexibility index (Phi) is 5.85. The van der Waals surface area contributed by atoms with Crippen LogP contribution in [0.5, 0.6) is 5.75 Å². The smallest absolute Gasteiger partial charge is 0.137 e. The molecule has 1 aliphatic rings. The second kappa shape index (κ2) is 7.88. The number of nitriles is 1. The summed E-state index contributed by atoms with van der Waals surface area (Å²) in [7, 11) is 2.18. The van der Waals surface area contributed by atoms with Gasteiger partial charge in [-0.1, -0.05) is 12.1 Å². The number of piperazine rings is 1. The fourth-order valence-electron chi connectivity index (χ4n) is 2.38. The van der Waals surface area contributed by atoms with E-state index in [0.717, 1.165) is 19.4 Å². The molecule has 4 nitrogen and oxygen atoms in total. The van der Waals surface area contributed by atoms with Crippen LogP contribution < -0.4 is 4.74 Å². The number of para-hydroxylation sites is 1. The van der Waals surface area contributed by atoms with Gasteiger partial charge in [-0.3, -0.25) is 0 Å². The van der Waals surface area contributed by atoms with E-state index in [1.807, 2.05) is 18.2 Å². The molecule has 0 atom stereocenters. The Hall–Kier alpha value is -1.57. The zero-order valence-corrected chi connectivity index (χ0v) is 12.2. The number of nitrogens with zero attached hydrogens (tertiary/aromatic N) is 3. The largest absolute Gasteiger partial charge is 0.492 e. The van der Waals surface area contributed by atoms with Gasteiger partial charge in [-0.15, -0.1) is 0 Å². The third kappa shape index (κ3) is 4.52. The molecule has 0 aliphatic carbocycles. The lowest BCUT2D eigenvalue weighted by Gasteiger charge is -2.32. The van der Waals surface area contributed by atoms with Crippen LogP contribution in [-0.2, 0) is 0 Å². The third-order valence-corrected chi connectivity index (χ3v) is 3.73. The Bertz CT molecular complexity index is 447. The zero-order valence-electron chi connectivity index (χ0n) is 12.2. The van der Waals surface area contributed by atoms with E-state index in [2.05, 4.69) is 22.9 Å². The van der Waals surface area contributed by atoms with Gasteiger partial charge < -0.3 is 14.5 Å². The van der Waals surface area contributed by atoms with E-state index in [4.69, 9.17) is 10.00 Å². The van der Waals surface area contributed by atoms with E-state index in [1.165, 1.54) is 26.2 Å². The fourth-order valence-corrected chi connectivity index (χ4v) is 2.38. The highest BCUT2D eigenvalue weighted by molar-refractivity contribution is 5.42. The van der Waals surface area contributed by atoms with Crippen molar-refractivity contribution in [1.29, 1.82) is 5.26 Å². The number of benzene rings is 1. The van der Waals surface area contributed by atoms with E-state index in [9.17, 15) is 0 Å². The van der Waals surface area contributed by atoms with Crippen LogP contribution in [0.4, 0.5) is 0 Å². The van der Waals surface area contributed by atoms with Gasteiger partial charge in [0.25, 0.3) is 0 Å². The van der Waals surface area contributed by atoms with Gasteiger partial charge in [0.05, 0.1) is 12.2 Å². The van der Waals surface area contributed by atoms with Gasteiger partial charge in [-0.25, -0.2) is 0 Å². The van der Waals surface area contributed by atoms with E-state index in [0.29, 0.717) is 17.9 Å². The van der Waals surface area contributed by atoms with Crippen molar-refractivity contribution in [2.45, 2.75) is 12.8 Å². The maximum absolute atomic E-state index is 8.97. The monoisotopic (exact) mass is 273 g/mol. The minimum Gasteiger partial charge on any atom is -0.492 e. The standard InChI is InChI=1S/C16H23N3O/c1-18-9-11-19(12-10-18)8-4-5-13-20-16-7-3-2-6-15(16)14-17/h2-3,6-7H,4-5,8-13H2,1H3. The van der Waals surface area contributed by atoms with Crippen molar-refractivity contribution in [2.24, 2.45) is 0 Å². The summed E-state index contributed by atoms with van der Waals surface area (Å²) in [4.78, 5) is 4.89. The normalized spacial score (nSPS) is 16.8. The van der Waals surface area contributed by atoms with E-state index in [-0.39, 0.29) is 0 Å². The summed E-state index contributed by atoms with van der Waals surface area (Å²) in [5.74, 6) is 0.703. The minimum absolute atomic E-state index is 0.617. The summed E-state index contributed by atoms with van der Waals surface area (Å²) in [6, 6.07) is 9.57. The first-order chi connectivity index (χ1) is 9.79. The van der Waals surface area contributed by atoms with Gasteiger partial charge in [0.15, 0.2) is 0 Å². The van der Waals surface area contributed by atoms with Crippen LogP contribution in [0.15, 0.2) is 24.3 Å². The average molecular weight is 273 g/mol. The van der Waals surface area contributed by atoms with Gasteiger partial charge in [0.1, 0.15) is 11.8 Å². The Morgan fingerprint density at radius 2 is 1.90 bits per heavy atom. The molecule has 1 fully saturated rings. The van der Waals surface area contributed by atoms with Crippen LogP contribution >= 0.6 is 0 Å². The topological polar surface area (TPSA) is 39.5 Å². The van der Waals surface area contributed by atoms with Crippen molar-refractivity contribution in [3.63, 3.8) is 0 Å². The predicted octanol–water partition coefficient (Wildman–Crippen LogP) is 1.96. The summed E-state index contributed by atoms with van der Waals surface area (Å²) >= 11 is 0. The molecule has 1 heterocycles. The number of likely N-dealkylation sites (N-methyl/N-ethyl adjacent to an activating group) is 1. The van der Waals surface area contributed by atoms with Crippen LogP contribution in [0.2, 0.25) is 0 Å². The molecule has 0 unspecified atom stereocenters. The molecule has 0 saturated carbocycles. The van der Waals surface area contributed by atoms with E-state index >= 15 is 0 Å². The van der Waals surface area contributed by atoms with Crippen molar-refractivity contribution in [3.8, 4) is 11.8 Å². The van der Waals surface area contributed by atoms with Crippen LogP contribution in [0.1, 0.15) is 18.4 Å². The van der Waals surface area contributed by atoms with Crippen molar-refractivity contribution < 1.29 is 4.74 Å². The van der Waals surface area contributed by atoms with Gasteiger partial charge in [-0.05, 0) is 38.6 Å². The molecule has 0 bridgehead atoms. The summed E-state index contributed by atoms with van der Waals surface area (Å²) in [5, 5.41) is 8.97. The molecule has 0 radical (unpaired) electrons. The SMILES string of the molecule is CN1CCN(CCCCOc2ccccc2C#N)CC1. The maximum Gasteiger partial charge on any atom is 0.137 e. The van der Waals surface area contributed by atoms with Crippen LogP contribution in [0, 0.1) is 11.3 Å². The number of hydrogen-bond donors (Lipinski definition) is 0. The first kappa shape index (κ1) is 14.8. The third-order valence-electron chi connectivity index (χ3n) is 3.73. The molecule has 108 valence electrons. The van der Waals surface area contributed by atoms with E-state index < -0.39 is 0 Å². The van der Waals surface area contributed by atoms with Crippen LogP contribution in [0.25, 0.3) is 0 Å². The molecular formula is C16H23N3O. The molecule has 1 aromatic rings. The first-order valence-corrected chi connectivity index (χ1v) is 7.32. The fraction of sp³-hybridized carbons (Fsp3) is 0.562. The summed E-state index contributed by atoms with van der Waals surface area (Å²) < 4.78 is 5.69.